The predicted octanol–water partition coefficient (Wildman–Crippen LogP) is 2.38. The molecule has 0 bridgehead atoms. The van der Waals surface area contributed by atoms with Crippen molar-refractivity contribution < 1.29 is 13.9 Å². The molecule has 0 unspecified atom stereocenters. The van der Waals surface area contributed by atoms with Crippen LogP contribution in [0.1, 0.15) is 21.5 Å². The Balaban J connectivity index is 2.21. The molecule has 0 atom stereocenters. The molecule has 0 aromatic heterocycles. The third kappa shape index (κ3) is 2.93. The van der Waals surface area contributed by atoms with Crippen LogP contribution in [0.3, 0.4) is 0 Å². The number of halogens is 1. The number of amides is 1. The van der Waals surface area contributed by atoms with Crippen LogP contribution in [-0.4, -0.2) is 5.91 Å². The van der Waals surface area contributed by atoms with Crippen LogP contribution in [0.25, 0.3) is 0 Å². The van der Waals surface area contributed by atoms with Gasteiger partial charge in [0.05, 0.1) is 17.2 Å². The second-order valence-corrected chi connectivity index (χ2v) is 4.07. The van der Waals surface area contributed by atoms with Crippen LogP contribution < -0.4 is 10.5 Å². The highest BCUT2D eigenvalue weighted by Crippen LogP contribution is 2.20. The first-order valence-electron chi connectivity index (χ1n) is 5.82. The number of para-hydroxylation sites is 1. The number of benzene rings is 2. The van der Waals surface area contributed by atoms with Gasteiger partial charge in [0.25, 0.3) is 5.91 Å². The Morgan fingerprint density at radius 1 is 1.30 bits per heavy atom. The lowest BCUT2D eigenvalue weighted by molar-refractivity contribution is 0.0996. The monoisotopic (exact) mass is 270 g/mol. The van der Waals surface area contributed by atoms with Crippen molar-refractivity contribution in [3.63, 3.8) is 0 Å². The highest BCUT2D eigenvalue weighted by molar-refractivity contribution is 5.95. The quantitative estimate of drug-likeness (QED) is 0.926. The van der Waals surface area contributed by atoms with E-state index in [0.717, 1.165) is 0 Å². The fourth-order valence-electron chi connectivity index (χ4n) is 1.71. The van der Waals surface area contributed by atoms with E-state index in [1.165, 1.54) is 24.3 Å². The van der Waals surface area contributed by atoms with Crippen molar-refractivity contribution >= 4 is 5.91 Å². The van der Waals surface area contributed by atoms with E-state index < -0.39 is 11.7 Å². The molecule has 2 rings (SSSR count). The number of carbonyl (C=O) groups excluding carboxylic acids is 1. The van der Waals surface area contributed by atoms with Crippen LogP contribution in [0.2, 0.25) is 0 Å². The molecule has 0 radical (unpaired) electrons. The summed E-state index contributed by atoms with van der Waals surface area (Å²) in [5.41, 5.74) is 6.03. The first-order chi connectivity index (χ1) is 9.61. The molecule has 20 heavy (non-hydrogen) atoms. The van der Waals surface area contributed by atoms with Crippen molar-refractivity contribution in [1.29, 1.82) is 5.26 Å². The van der Waals surface area contributed by atoms with Crippen LogP contribution in [-0.2, 0) is 6.61 Å². The zero-order valence-electron chi connectivity index (χ0n) is 10.5. The van der Waals surface area contributed by atoms with Gasteiger partial charge in [-0.25, -0.2) is 4.39 Å². The van der Waals surface area contributed by atoms with Gasteiger partial charge in [-0.2, -0.15) is 5.26 Å². The summed E-state index contributed by atoms with van der Waals surface area (Å²) in [6, 6.07) is 12.4. The molecule has 2 N–H and O–H groups in total. The standard InChI is InChI=1S/C15H11FN2O2/c16-13-6-5-10(8-17)7-11(13)9-20-14-4-2-1-3-12(14)15(18)19/h1-7H,9H2,(H2,18,19). The van der Waals surface area contributed by atoms with E-state index in [1.807, 2.05) is 6.07 Å². The van der Waals surface area contributed by atoms with Crippen molar-refractivity contribution in [1.82, 2.24) is 0 Å². The van der Waals surface area contributed by atoms with E-state index in [9.17, 15) is 9.18 Å². The van der Waals surface area contributed by atoms with E-state index in [-0.39, 0.29) is 23.5 Å². The number of rotatable bonds is 4. The highest BCUT2D eigenvalue weighted by atomic mass is 19.1. The number of nitrogens with two attached hydrogens (primary N) is 1. The predicted molar refractivity (Wildman–Crippen MR) is 70.4 cm³/mol. The van der Waals surface area contributed by atoms with Crippen LogP contribution in [0, 0.1) is 17.1 Å². The van der Waals surface area contributed by atoms with Gasteiger partial charge in [0, 0.05) is 5.56 Å². The van der Waals surface area contributed by atoms with E-state index in [1.54, 1.807) is 18.2 Å². The van der Waals surface area contributed by atoms with Crippen LogP contribution in [0.5, 0.6) is 5.75 Å². The molecule has 0 aliphatic heterocycles. The summed E-state index contributed by atoms with van der Waals surface area (Å²) < 4.78 is 19.0. The van der Waals surface area contributed by atoms with E-state index >= 15 is 0 Å². The SMILES string of the molecule is N#Cc1ccc(F)c(COc2ccccc2C(N)=O)c1. The molecule has 4 nitrogen and oxygen atoms in total. The number of hydrogen-bond donors (Lipinski definition) is 1. The fraction of sp³-hybridized carbons (Fsp3) is 0.0667. The summed E-state index contributed by atoms with van der Waals surface area (Å²) in [5, 5.41) is 8.78. The molecular formula is C15H11FN2O2. The first kappa shape index (κ1) is 13.6. The average molecular weight is 270 g/mol. The van der Waals surface area contributed by atoms with Crippen molar-refractivity contribution in [3.8, 4) is 11.8 Å². The minimum Gasteiger partial charge on any atom is -0.488 e. The minimum atomic E-state index is -0.619. The lowest BCUT2D eigenvalue weighted by Crippen LogP contribution is -2.13. The topological polar surface area (TPSA) is 76.1 Å². The van der Waals surface area contributed by atoms with Gasteiger partial charge in [0.2, 0.25) is 0 Å². The zero-order valence-corrected chi connectivity index (χ0v) is 10.5. The van der Waals surface area contributed by atoms with Gasteiger partial charge in [0.1, 0.15) is 18.2 Å². The van der Waals surface area contributed by atoms with Gasteiger partial charge < -0.3 is 10.5 Å². The third-order valence-electron chi connectivity index (χ3n) is 2.71. The number of nitriles is 1. The smallest absolute Gasteiger partial charge is 0.252 e. The molecule has 0 spiro atoms. The second-order valence-electron chi connectivity index (χ2n) is 4.07. The Hall–Kier alpha value is -2.87. The maximum atomic E-state index is 13.6. The lowest BCUT2D eigenvalue weighted by Gasteiger charge is -2.10. The molecule has 2 aromatic rings. The normalized spacial score (nSPS) is 9.80. The summed E-state index contributed by atoms with van der Waals surface area (Å²) in [5.74, 6) is -0.811. The Labute approximate surface area is 115 Å². The molecule has 2 aromatic carbocycles. The summed E-state index contributed by atoms with van der Waals surface area (Å²) >= 11 is 0. The first-order valence-corrected chi connectivity index (χ1v) is 5.82. The Kier molecular flexibility index (Phi) is 3.96. The van der Waals surface area contributed by atoms with Crippen molar-refractivity contribution in [2.45, 2.75) is 6.61 Å². The van der Waals surface area contributed by atoms with Crippen LogP contribution in [0.15, 0.2) is 42.5 Å². The molecule has 0 fully saturated rings. The Morgan fingerprint density at radius 2 is 2.05 bits per heavy atom. The van der Waals surface area contributed by atoms with Gasteiger partial charge in [0.15, 0.2) is 0 Å². The van der Waals surface area contributed by atoms with Crippen LogP contribution in [0.4, 0.5) is 4.39 Å². The molecule has 0 saturated carbocycles. The largest absolute Gasteiger partial charge is 0.488 e. The zero-order chi connectivity index (χ0) is 14.5. The van der Waals surface area contributed by atoms with Crippen LogP contribution >= 0.6 is 0 Å². The van der Waals surface area contributed by atoms with Crippen molar-refractivity contribution in [2.24, 2.45) is 5.73 Å². The number of carbonyl (C=O) groups is 1. The van der Waals surface area contributed by atoms with Crippen molar-refractivity contribution in [3.05, 3.63) is 65.0 Å². The van der Waals surface area contributed by atoms with Gasteiger partial charge in [-0.1, -0.05) is 12.1 Å². The molecule has 5 heteroatoms. The second kappa shape index (κ2) is 5.85. The maximum Gasteiger partial charge on any atom is 0.252 e. The molecular weight excluding hydrogens is 259 g/mol. The molecule has 0 saturated heterocycles. The molecule has 0 aliphatic rings. The average Bonchev–Trinajstić information content (AvgIpc) is 2.46. The molecule has 0 heterocycles. The van der Waals surface area contributed by atoms with Gasteiger partial charge in [-0.05, 0) is 30.3 Å². The highest BCUT2D eigenvalue weighted by Gasteiger charge is 2.10. The fourth-order valence-corrected chi connectivity index (χ4v) is 1.71. The lowest BCUT2D eigenvalue weighted by atomic mass is 10.1. The van der Waals surface area contributed by atoms with Crippen molar-refractivity contribution in [2.75, 3.05) is 0 Å². The van der Waals surface area contributed by atoms with E-state index in [2.05, 4.69) is 0 Å². The van der Waals surface area contributed by atoms with E-state index in [0.29, 0.717) is 5.56 Å². The summed E-state index contributed by atoms with van der Waals surface area (Å²) in [6.45, 7) is -0.0916. The number of hydrogen-bond acceptors (Lipinski definition) is 3. The summed E-state index contributed by atoms with van der Waals surface area (Å²) in [7, 11) is 0. The molecule has 1 amide bonds. The van der Waals surface area contributed by atoms with Gasteiger partial charge >= 0.3 is 0 Å². The third-order valence-corrected chi connectivity index (χ3v) is 2.71. The summed E-state index contributed by atoms with van der Waals surface area (Å²) in [6.07, 6.45) is 0. The number of ether oxygens (including phenoxy) is 1. The Morgan fingerprint density at radius 3 is 2.75 bits per heavy atom. The van der Waals surface area contributed by atoms with E-state index in [4.69, 9.17) is 15.7 Å². The molecule has 0 aliphatic carbocycles. The number of nitrogens with zero attached hydrogens (tertiary/aromatic N) is 1. The minimum absolute atomic E-state index is 0.0916. The van der Waals surface area contributed by atoms with Gasteiger partial charge in [-0.3, -0.25) is 4.79 Å². The number of primary amides is 1. The molecule has 100 valence electrons. The Bertz CT molecular complexity index is 693. The summed E-state index contributed by atoms with van der Waals surface area (Å²) in [4.78, 5) is 11.2. The van der Waals surface area contributed by atoms with Gasteiger partial charge in [-0.15, -0.1) is 0 Å². The maximum absolute atomic E-state index is 13.6.